The number of benzene rings is 1. The van der Waals surface area contributed by atoms with E-state index in [0.29, 0.717) is 23.8 Å². The van der Waals surface area contributed by atoms with Crippen LogP contribution in [-0.2, 0) is 0 Å². The summed E-state index contributed by atoms with van der Waals surface area (Å²) in [7, 11) is 0. The Morgan fingerprint density at radius 3 is 2.54 bits per heavy atom. The molecule has 2 rings (SSSR count). The predicted octanol–water partition coefficient (Wildman–Crippen LogP) is 3.20. The van der Waals surface area contributed by atoms with Gasteiger partial charge in [-0.2, -0.15) is 0 Å². The molecule has 0 saturated carbocycles. The molecule has 1 heterocycles. The summed E-state index contributed by atoms with van der Waals surface area (Å²) < 4.78 is 0. The van der Waals surface area contributed by atoms with E-state index in [4.69, 9.17) is 0 Å². The fourth-order valence-corrected chi connectivity index (χ4v) is 2.05. The molecule has 0 aliphatic rings. The molecule has 1 aromatic carbocycles. The van der Waals surface area contributed by atoms with Crippen molar-refractivity contribution in [3.8, 4) is 0 Å². The number of anilines is 2. The van der Waals surface area contributed by atoms with Crippen LogP contribution in [0.5, 0.6) is 0 Å². The maximum absolute atomic E-state index is 11.9. The van der Waals surface area contributed by atoms with Gasteiger partial charge in [-0.1, -0.05) is 26.0 Å². The molecule has 1 amide bonds. The molecule has 0 fully saturated rings. The molecular weight excluding hydrogens is 304 g/mol. The molecular formula is C18H22N4O2. The molecule has 0 radical (unpaired) electrons. The number of nitrogens with one attached hydrogen (secondary N) is 2. The van der Waals surface area contributed by atoms with Gasteiger partial charge in [0.2, 0.25) is 0 Å². The number of carbonyl (C=O) groups is 2. The Balaban J connectivity index is 1.98. The second-order valence-electron chi connectivity index (χ2n) is 6.00. The van der Waals surface area contributed by atoms with Gasteiger partial charge in [-0.05, 0) is 43.5 Å². The Labute approximate surface area is 141 Å². The van der Waals surface area contributed by atoms with Gasteiger partial charge in [0.15, 0.2) is 17.3 Å². The van der Waals surface area contributed by atoms with E-state index in [1.165, 1.54) is 6.92 Å². The number of amides is 1. The number of ketones is 1. The molecule has 0 unspecified atom stereocenters. The van der Waals surface area contributed by atoms with Crippen molar-refractivity contribution in [2.24, 2.45) is 5.92 Å². The fraction of sp³-hybridized carbons (Fsp3) is 0.333. The Bertz CT molecular complexity index is 711. The Morgan fingerprint density at radius 1 is 1.12 bits per heavy atom. The van der Waals surface area contributed by atoms with E-state index >= 15 is 0 Å². The smallest absolute Gasteiger partial charge is 0.271 e. The lowest BCUT2D eigenvalue weighted by atomic mass is 10.1. The van der Waals surface area contributed by atoms with Crippen molar-refractivity contribution in [3.05, 3.63) is 47.7 Å². The maximum atomic E-state index is 11.9. The normalized spacial score (nSPS) is 10.5. The summed E-state index contributed by atoms with van der Waals surface area (Å²) in [6, 6.07) is 10.4. The number of carbonyl (C=O) groups excluding carboxylic acids is 2. The minimum absolute atomic E-state index is 0.00171. The Kier molecular flexibility index (Phi) is 6.01. The van der Waals surface area contributed by atoms with Crippen molar-refractivity contribution in [2.75, 3.05) is 11.9 Å². The lowest BCUT2D eigenvalue weighted by Gasteiger charge is -2.08. The van der Waals surface area contributed by atoms with Crippen molar-refractivity contribution in [1.82, 2.24) is 15.5 Å². The first-order valence-electron chi connectivity index (χ1n) is 7.95. The molecule has 0 saturated heterocycles. The number of rotatable bonds is 7. The monoisotopic (exact) mass is 326 g/mol. The molecule has 2 aromatic rings. The van der Waals surface area contributed by atoms with Gasteiger partial charge in [-0.25, -0.2) is 0 Å². The van der Waals surface area contributed by atoms with Crippen LogP contribution in [0.2, 0.25) is 0 Å². The fourth-order valence-electron chi connectivity index (χ4n) is 2.05. The highest BCUT2D eigenvalue weighted by Crippen LogP contribution is 2.16. The first-order chi connectivity index (χ1) is 11.5. The van der Waals surface area contributed by atoms with E-state index in [1.807, 2.05) is 6.07 Å². The zero-order chi connectivity index (χ0) is 17.5. The van der Waals surface area contributed by atoms with E-state index in [-0.39, 0.29) is 17.4 Å². The molecule has 0 spiro atoms. The van der Waals surface area contributed by atoms with Crippen molar-refractivity contribution >= 4 is 23.2 Å². The Morgan fingerprint density at radius 2 is 1.92 bits per heavy atom. The van der Waals surface area contributed by atoms with E-state index in [2.05, 4.69) is 34.7 Å². The lowest BCUT2D eigenvalue weighted by molar-refractivity contribution is 0.0945. The summed E-state index contributed by atoms with van der Waals surface area (Å²) in [4.78, 5) is 23.3. The van der Waals surface area contributed by atoms with Crippen LogP contribution in [0.25, 0.3) is 0 Å². The van der Waals surface area contributed by atoms with Crippen LogP contribution in [0.1, 0.15) is 48.0 Å². The van der Waals surface area contributed by atoms with Crippen LogP contribution < -0.4 is 10.6 Å². The standard InChI is InChI=1S/C18H22N4O2/c1-12(2)9-10-19-18(24)16-7-8-17(22-21-16)20-15-6-4-5-14(11-15)13(3)23/h4-8,11-12H,9-10H2,1-3H3,(H,19,24)(H,20,22). The molecule has 6 nitrogen and oxygen atoms in total. The molecule has 6 heteroatoms. The van der Waals surface area contributed by atoms with Crippen molar-refractivity contribution < 1.29 is 9.59 Å². The van der Waals surface area contributed by atoms with Gasteiger partial charge >= 0.3 is 0 Å². The quantitative estimate of drug-likeness (QED) is 0.763. The van der Waals surface area contributed by atoms with Gasteiger partial charge in [-0.3, -0.25) is 9.59 Å². The minimum atomic E-state index is -0.228. The van der Waals surface area contributed by atoms with Crippen LogP contribution >= 0.6 is 0 Å². The summed E-state index contributed by atoms with van der Waals surface area (Å²) in [5.41, 5.74) is 1.64. The summed E-state index contributed by atoms with van der Waals surface area (Å²) in [6.45, 7) is 6.35. The third-order valence-corrected chi connectivity index (χ3v) is 3.45. The number of aromatic nitrogens is 2. The molecule has 1 aromatic heterocycles. The first-order valence-corrected chi connectivity index (χ1v) is 7.95. The van der Waals surface area contributed by atoms with Gasteiger partial charge in [0.1, 0.15) is 0 Å². The average Bonchev–Trinajstić information content (AvgIpc) is 2.55. The molecule has 0 bridgehead atoms. The molecule has 0 aliphatic carbocycles. The zero-order valence-electron chi connectivity index (χ0n) is 14.2. The number of nitrogens with zero attached hydrogens (tertiary/aromatic N) is 2. The maximum Gasteiger partial charge on any atom is 0.271 e. The number of hydrogen-bond acceptors (Lipinski definition) is 5. The van der Waals surface area contributed by atoms with Crippen molar-refractivity contribution in [2.45, 2.75) is 27.2 Å². The van der Waals surface area contributed by atoms with Gasteiger partial charge < -0.3 is 10.6 Å². The molecule has 0 aliphatic heterocycles. The van der Waals surface area contributed by atoms with Crippen LogP contribution in [0.4, 0.5) is 11.5 Å². The molecule has 0 atom stereocenters. The average molecular weight is 326 g/mol. The van der Waals surface area contributed by atoms with Gasteiger partial charge in [0, 0.05) is 17.8 Å². The largest absolute Gasteiger partial charge is 0.351 e. The third kappa shape index (κ3) is 5.15. The van der Waals surface area contributed by atoms with E-state index in [0.717, 1.165) is 12.1 Å². The highest BCUT2D eigenvalue weighted by Gasteiger charge is 2.08. The van der Waals surface area contributed by atoms with Crippen molar-refractivity contribution in [1.29, 1.82) is 0 Å². The third-order valence-electron chi connectivity index (χ3n) is 3.45. The second kappa shape index (κ2) is 8.19. The van der Waals surface area contributed by atoms with Crippen molar-refractivity contribution in [3.63, 3.8) is 0 Å². The highest BCUT2D eigenvalue weighted by atomic mass is 16.2. The molecule has 24 heavy (non-hydrogen) atoms. The Hall–Kier alpha value is -2.76. The SMILES string of the molecule is CC(=O)c1cccc(Nc2ccc(C(=O)NCCC(C)C)nn2)c1. The highest BCUT2D eigenvalue weighted by molar-refractivity contribution is 5.95. The topological polar surface area (TPSA) is 84.0 Å². The van der Waals surface area contributed by atoms with E-state index in [9.17, 15) is 9.59 Å². The van der Waals surface area contributed by atoms with E-state index in [1.54, 1.807) is 30.3 Å². The minimum Gasteiger partial charge on any atom is -0.351 e. The number of Topliss-reactive ketones (excluding diaryl/α,β-unsaturated/α-hetero) is 1. The number of hydrogen-bond donors (Lipinski definition) is 2. The zero-order valence-corrected chi connectivity index (χ0v) is 14.2. The first kappa shape index (κ1) is 17.6. The van der Waals surface area contributed by atoms with Gasteiger partial charge in [0.25, 0.3) is 5.91 Å². The second-order valence-corrected chi connectivity index (χ2v) is 6.00. The van der Waals surface area contributed by atoms with Crippen LogP contribution in [0, 0.1) is 5.92 Å². The summed E-state index contributed by atoms with van der Waals surface area (Å²) >= 11 is 0. The van der Waals surface area contributed by atoms with Crippen LogP contribution in [0.15, 0.2) is 36.4 Å². The molecule has 126 valence electrons. The van der Waals surface area contributed by atoms with Crippen LogP contribution in [-0.4, -0.2) is 28.4 Å². The van der Waals surface area contributed by atoms with Gasteiger partial charge in [0.05, 0.1) is 0 Å². The summed E-state index contributed by atoms with van der Waals surface area (Å²) in [6.07, 6.45) is 0.922. The summed E-state index contributed by atoms with van der Waals surface area (Å²) in [5, 5.41) is 13.8. The van der Waals surface area contributed by atoms with E-state index < -0.39 is 0 Å². The van der Waals surface area contributed by atoms with Crippen LogP contribution in [0.3, 0.4) is 0 Å². The molecule has 2 N–H and O–H groups in total. The lowest BCUT2D eigenvalue weighted by Crippen LogP contribution is -2.26. The van der Waals surface area contributed by atoms with Gasteiger partial charge in [-0.15, -0.1) is 10.2 Å². The predicted molar refractivity (Wildman–Crippen MR) is 93.5 cm³/mol. The summed E-state index contributed by atoms with van der Waals surface area (Å²) in [5.74, 6) is 0.814.